The van der Waals surface area contributed by atoms with E-state index in [1.165, 1.54) is 17.4 Å². The molecule has 1 amide bonds. The third-order valence-electron chi connectivity index (χ3n) is 3.16. The van der Waals surface area contributed by atoms with E-state index in [9.17, 15) is 9.18 Å². The fourth-order valence-electron chi connectivity index (χ4n) is 1.86. The van der Waals surface area contributed by atoms with Crippen LogP contribution in [0.3, 0.4) is 0 Å². The Morgan fingerprint density at radius 3 is 2.90 bits per heavy atom. The lowest BCUT2D eigenvalue weighted by Gasteiger charge is -2.05. The van der Waals surface area contributed by atoms with Crippen LogP contribution < -0.4 is 16.4 Å². The van der Waals surface area contributed by atoms with Crippen molar-refractivity contribution < 1.29 is 9.18 Å². The van der Waals surface area contributed by atoms with Gasteiger partial charge in [-0.15, -0.1) is 0 Å². The van der Waals surface area contributed by atoms with Crippen LogP contribution >= 0.6 is 11.3 Å². The van der Waals surface area contributed by atoms with Crippen molar-refractivity contribution in [1.29, 1.82) is 0 Å². The number of nitrogens with two attached hydrogens (primary N) is 1. The predicted molar refractivity (Wildman–Crippen MR) is 80.7 cm³/mol. The third kappa shape index (κ3) is 3.30. The van der Waals surface area contributed by atoms with E-state index >= 15 is 0 Å². The topological polar surface area (TPSA) is 80.0 Å². The van der Waals surface area contributed by atoms with Crippen LogP contribution in [0.4, 0.5) is 15.3 Å². The maximum absolute atomic E-state index is 13.5. The summed E-state index contributed by atoms with van der Waals surface area (Å²) in [6.07, 6.45) is 2.24. The van der Waals surface area contributed by atoms with E-state index in [1.807, 2.05) is 0 Å². The van der Waals surface area contributed by atoms with Gasteiger partial charge in [0.25, 0.3) is 5.91 Å². The number of carbonyl (C=O) groups excluding carboxylic acids is 1. The average Bonchev–Trinajstić information content (AvgIpc) is 3.19. The lowest BCUT2D eigenvalue weighted by molar-refractivity contribution is 0.0955. The second-order valence-corrected chi connectivity index (χ2v) is 5.93. The molecule has 1 aliphatic rings. The molecule has 1 aliphatic carbocycles. The summed E-state index contributed by atoms with van der Waals surface area (Å²) in [5, 5.41) is 6.52. The van der Waals surface area contributed by atoms with Gasteiger partial charge in [0.1, 0.15) is 16.5 Å². The summed E-state index contributed by atoms with van der Waals surface area (Å²) in [7, 11) is 0. The Labute approximate surface area is 125 Å². The summed E-state index contributed by atoms with van der Waals surface area (Å²) < 4.78 is 13.5. The molecule has 0 spiro atoms. The third-order valence-corrected chi connectivity index (χ3v) is 4.16. The van der Waals surface area contributed by atoms with Crippen molar-refractivity contribution in [1.82, 2.24) is 10.3 Å². The van der Waals surface area contributed by atoms with E-state index in [4.69, 9.17) is 5.73 Å². The summed E-state index contributed by atoms with van der Waals surface area (Å²) in [5.41, 5.74) is 6.20. The minimum Gasteiger partial charge on any atom is -0.382 e. The van der Waals surface area contributed by atoms with Crippen LogP contribution in [-0.2, 0) is 6.54 Å². The molecule has 21 heavy (non-hydrogen) atoms. The van der Waals surface area contributed by atoms with Gasteiger partial charge in [-0.25, -0.2) is 9.37 Å². The van der Waals surface area contributed by atoms with Gasteiger partial charge in [0.2, 0.25) is 0 Å². The minimum absolute atomic E-state index is 0.119. The van der Waals surface area contributed by atoms with Crippen LogP contribution in [0.1, 0.15) is 28.1 Å². The normalized spacial score (nSPS) is 14.0. The number of benzene rings is 1. The van der Waals surface area contributed by atoms with Gasteiger partial charge in [-0.1, -0.05) is 29.5 Å². The first-order valence-electron chi connectivity index (χ1n) is 6.68. The number of nitrogen functional groups attached to an aromatic ring is 1. The van der Waals surface area contributed by atoms with Crippen LogP contribution in [0.25, 0.3) is 0 Å². The van der Waals surface area contributed by atoms with E-state index in [1.54, 1.807) is 18.2 Å². The highest BCUT2D eigenvalue weighted by Gasteiger charge is 2.24. The van der Waals surface area contributed by atoms with E-state index < -0.39 is 0 Å². The van der Waals surface area contributed by atoms with Gasteiger partial charge in [-0.05, 0) is 18.9 Å². The molecule has 0 unspecified atom stereocenters. The molecule has 0 atom stereocenters. The first-order valence-corrected chi connectivity index (χ1v) is 7.49. The van der Waals surface area contributed by atoms with E-state index in [-0.39, 0.29) is 24.1 Å². The fraction of sp³-hybridized carbons (Fsp3) is 0.286. The highest BCUT2D eigenvalue weighted by atomic mass is 32.1. The number of nitrogens with one attached hydrogen (secondary N) is 2. The van der Waals surface area contributed by atoms with E-state index in [0.717, 1.165) is 12.8 Å². The summed E-state index contributed by atoms with van der Waals surface area (Å²) in [5.74, 6) is -0.475. The standard InChI is InChI=1S/C14H15FN4OS/c15-10-4-2-1-3-8(10)7-17-13(20)11-12(16)19-14(21-11)18-9-5-6-9/h1-4,9H,5-7,16H2,(H,17,20)(H,18,19). The van der Waals surface area contributed by atoms with Gasteiger partial charge >= 0.3 is 0 Å². The van der Waals surface area contributed by atoms with Crippen LogP contribution in [0.2, 0.25) is 0 Å². The van der Waals surface area contributed by atoms with Crippen molar-refractivity contribution in [3.8, 4) is 0 Å². The molecule has 1 heterocycles. The van der Waals surface area contributed by atoms with Crippen molar-refractivity contribution in [3.05, 3.63) is 40.5 Å². The molecule has 1 saturated carbocycles. The number of thiazole rings is 1. The van der Waals surface area contributed by atoms with Crippen LogP contribution in [-0.4, -0.2) is 16.9 Å². The second kappa shape index (κ2) is 5.69. The Morgan fingerprint density at radius 2 is 2.19 bits per heavy atom. The molecule has 7 heteroatoms. The van der Waals surface area contributed by atoms with Gasteiger partial charge in [-0.2, -0.15) is 0 Å². The van der Waals surface area contributed by atoms with E-state index in [0.29, 0.717) is 21.6 Å². The monoisotopic (exact) mass is 306 g/mol. The lowest BCUT2D eigenvalue weighted by atomic mass is 10.2. The van der Waals surface area contributed by atoms with Crippen molar-refractivity contribution in [2.24, 2.45) is 0 Å². The Morgan fingerprint density at radius 1 is 1.43 bits per heavy atom. The molecule has 1 fully saturated rings. The molecule has 110 valence electrons. The molecule has 4 N–H and O–H groups in total. The summed E-state index contributed by atoms with van der Waals surface area (Å²) >= 11 is 1.22. The predicted octanol–water partition coefficient (Wildman–Crippen LogP) is 2.37. The molecule has 0 radical (unpaired) electrons. The Bertz CT molecular complexity index is 669. The molecule has 3 rings (SSSR count). The molecule has 0 aliphatic heterocycles. The number of halogens is 1. The van der Waals surface area contributed by atoms with Gasteiger partial charge < -0.3 is 16.4 Å². The molecule has 0 bridgehead atoms. The number of carbonyl (C=O) groups is 1. The SMILES string of the molecule is Nc1nc(NC2CC2)sc1C(=O)NCc1ccccc1F. The minimum atomic E-state index is -0.342. The zero-order valence-corrected chi connectivity index (χ0v) is 12.0. The van der Waals surface area contributed by atoms with Crippen molar-refractivity contribution >= 4 is 28.2 Å². The quantitative estimate of drug-likeness (QED) is 0.792. The summed E-state index contributed by atoms with van der Waals surface area (Å²) in [4.78, 5) is 16.6. The van der Waals surface area contributed by atoms with Crippen molar-refractivity contribution in [3.63, 3.8) is 0 Å². The van der Waals surface area contributed by atoms with Crippen LogP contribution in [0.5, 0.6) is 0 Å². The van der Waals surface area contributed by atoms with Gasteiger partial charge in [0.15, 0.2) is 5.13 Å². The molecule has 2 aromatic rings. The smallest absolute Gasteiger partial charge is 0.265 e. The maximum atomic E-state index is 13.5. The Hall–Kier alpha value is -2.15. The maximum Gasteiger partial charge on any atom is 0.265 e. The van der Waals surface area contributed by atoms with Crippen LogP contribution in [0.15, 0.2) is 24.3 Å². The highest BCUT2D eigenvalue weighted by Crippen LogP contribution is 2.30. The highest BCUT2D eigenvalue weighted by molar-refractivity contribution is 7.18. The van der Waals surface area contributed by atoms with E-state index in [2.05, 4.69) is 15.6 Å². The lowest BCUT2D eigenvalue weighted by Crippen LogP contribution is -2.23. The number of hydrogen-bond acceptors (Lipinski definition) is 5. The second-order valence-electron chi connectivity index (χ2n) is 4.93. The Kier molecular flexibility index (Phi) is 3.74. The largest absolute Gasteiger partial charge is 0.382 e. The molecule has 1 aromatic carbocycles. The number of aromatic nitrogens is 1. The molecular formula is C14H15FN4OS. The number of amides is 1. The number of nitrogens with zero attached hydrogens (tertiary/aromatic N) is 1. The Balaban J connectivity index is 1.64. The number of hydrogen-bond donors (Lipinski definition) is 3. The zero-order chi connectivity index (χ0) is 14.8. The zero-order valence-electron chi connectivity index (χ0n) is 11.2. The summed E-state index contributed by atoms with van der Waals surface area (Å²) in [6, 6.07) is 6.78. The van der Waals surface area contributed by atoms with Crippen LogP contribution in [0, 0.1) is 5.82 Å². The van der Waals surface area contributed by atoms with Crippen molar-refractivity contribution in [2.75, 3.05) is 11.1 Å². The number of rotatable bonds is 5. The molecule has 1 aromatic heterocycles. The average molecular weight is 306 g/mol. The van der Waals surface area contributed by atoms with Gasteiger partial charge in [-0.3, -0.25) is 4.79 Å². The molecular weight excluding hydrogens is 291 g/mol. The van der Waals surface area contributed by atoms with Gasteiger partial charge in [0, 0.05) is 18.2 Å². The first kappa shape index (κ1) is 13.8. The molecule has 0 saturated heterocycles. The fourth-order valence-corrected chi connectivity index (χ4v) is 2.73. The number of anilines is 2. The first-order chi connectivity index (χ1) is 10.1. The summed E-state index contributed by atoms with van der Waals surface area (Å²) in [6.45, 7) is 0.119. The molecule has 5 nitrogen and oxygen atoms in total. The van der Waals surface area contributed by atoms with Crippen molar-refractivity contribution in [2.45, 2.75) is 25.4 Å². The van der Waals surface area contributed by atoms with Gasteiger partial charge in [0.05, 0.1) is 0 Å².